The van der Waals surface area contributed by atoms with Crippen LogP contribution >= 0.6 is 0 Å². The van der Waals surface area contributed by atoms with Crippen LogP contribution in [-0.2, 0) is 9.63 Å². The quantitative estimate of drug-likeness (QED) is 0.681. The highest BCUT2D eigenvalue weighted by atomic mass is 16.7. The van der Waals surface area contributed by atoms with Gasteiger partial charge >= 0.3 is 0 Å². The third kappa shape index (κ3) is 3.54. The van der Waals surface area contributed by atoms with Gasteiger partial charge in [0.05, 0.1) is 12.5 Å². The highest BCUT2D eigenvalue weighted by Gasteiger charge is 2.26. The van der Waals surface area contributed by atoms with Gasteiger partial charge in [0.15, 0.2) is 0 Å². The molecule has 0 aliphatic carbocycles. The van der Waals surface area contributed by atoms with Crippen molar-refractivity contribution in [2.45, 2.75) is 44.2 Å². The molecule has 91 valence electrons. The number of hydrogen-bond donors (Lipinski definition) is 2. The van der Waals surface area contributed by atoms with E-state index < -0.39 is 0 Å². The van der Waals surface area contributed by atoms with Crippen molar-refractivity contribution in [3.63, 3.8) is 0 Å². The molecule has 0 saturated carbocycles. The topological polar surface area (TPSA) is 50.4 Å². The van der Waals surface area contributed by atoms with E-state index in [0.717, 1.165) is 25.0 Å². The normalized spacial score (nSPS) is 31.8. The fourth-order valence-electron chi connectivity index (χ4n) is 2.55. The summed E-state index contributed by atoms with van der Waals surface area (Å²) < 4.78 is 0. The summed E-state index contributed by atoms with van der Waals surface area (Å²) in [6.07, 6.45) is 8.36. The number of hydrogen-bond acceptors (Lipinski definition) is 4. The highest BCUT2D eigenvalue weighted by molar-refractivity contribution is 5.62. The van der Waals surface area contributed by atoms with Crippen LogP contribution in [0.15, 0.2) is 0 Å². The minimum atomic E-state index is -0.0180. The molecule has 4 nitrogen and oxygen atoms in total. The summed E-state index contributed by atoms with van der Waals surface area (Å²) in [6, 6.07) is 0.427. The summed E-state index contributed by atoms with van der Waals surface area (Å²) in [6.45, 7) is 2.33. The molecular formula is C12H21N2O2. The fourth-order valence-corrected chi connectivity index (χ4v) is 2.55. The van der Waals surface area contributed by atoms with E-state index in [1.165, 1.54) is 32.4 Å². The lowest BCUT2D eigenvalue weighted by Crippen LogP contribution is -2.29. The predicted molar refractivity (Wildman–Crippen MR) is 61.6 cm³/mol. The minimum Gasteiger partial charge on any atom is -0.317 e. The van der Waals surface area contributed by atoms with Crippen LogP contribution in [0.25, 0.3) is 0 Å². The van der Waals surface area contributed by atoms with E-state index in [9.17, 15) is 4.79 Å². The molecule has 16 heavy (non-hydrogen) atoms. The molecule has 2 saturated heterocycles. The van der Waals surface area contributed by atoms with E-state index in [0.29, 0.717) is 6.04 Å². The second-order valence-corrected chi connectivity index (χ2v) is 4.81. The first-order valence-corrected chi connectivity index (χ1v) is 6.29. The lowest BCUT2D eigenvalue weighted by molar-refractivity contribution is -0.106. The van der Waals surface area contributed by atoms with Crippen molar-refractivity contribution in [3.05, 3.63) is 6.42 Å². The largest absolute Gasteiger partial charge is 0.317 e. The van der Waals surface area contributed by atoms with Gasteiger partial charge in [0, 0.05) is 6.04 Å². The van der Waals surface area contributed by atoms with Gasteiger partial charge in [0.25, 0.3) is 0 Å². The molecule has 2 aliphatic heterocycles. The zero-order valence-corrected chi connectivity index (χ0v) is 9.65. The third-order valence-corrected chi connectivity index (χ3v) is 3.58. The van der Waals surface area contributed by atoms with E-state index in [1.54, 1.807) is 6.42 Å². The molecule has 0 aromatic carbocycles. The predicted octanol–water partition coefficient (Wildman–Crippen LogP) is 0.831. The van der Waals surface area contributed by atoms with Gasteiger partial charge < -0.3 is 10.1 Å². The summed E-state index contributed by atoms with van der Waals surface area (Å²) in [7, 11) is 0. The van der Waals surface area contributed by atoms with E-state index in [4.69, 9.17) is 4.84 Å². The molecule has 2 aliphatic rings. The van der Waals surface area contributed by atoms with Gasteiger partial charge in [0.1, 0.15) is 6.29 Å². The van der Waals surface area contributed by atoms with E-state index in [2.05, 4.69) is 10.8 Å². The number of rotatable bonds is 5. The monoisotopic (exact) mass is 225 g/mol. The Morgan fingerprint density at radius 2 is 2.06 bits per heavy atom. The van der Waals surface area contributed by atoms with Crippen LogP contribution in [0.5, 0.6) is 0 Å². The molecule has 2 N–H and O–H groups in total. The number of aldehydes is 1. The average molecular weight is 225 g/mol. The van der Waals surface area contributed by atoms with E-state index in [-0.39, 0.29) is 6.10 Å². The Morgan fingerprint density at radius 1 is 1.25 bits per heavy atom. The molecule has 2 atom stereocenters. The molecule has 0 aromatic rings. The van der Waals surface area contributed by atoms with Crippen molar-refractivity contribution >= 4 is 6.29 Å². The Hall–Kier alpha value is -0.450. The molecule has 4 heteroatoms. The lowest BCUT2D eigenvalue weighted by Gasteiger charge is -2.23. The van der Waals surface area contributed by atoms with Crippen LogP contribution in [-0.4, -0.2) is 31.5 Å². The van der Waals surface area contributed by atoms with Gasteiger partial charge in [-0.05, 0) is 51.1 Å². The van der Waals surface area contributed by atoms with Crippen LogP contribution in [0.2, 0.25) is 0 Å². The molecule has 2 fully saturated rings. The van der Waals surface area contributed by atoms with Crippen molar-refractivity contribution in [3.8, 4) is 0 Å². The highest BCUT2D eigenvalue weighted by Crippen LogP contribution is 2.22. The maximum atomic E-state index is 10.3. The summed E-state index contributed by atoms with van der Waals surface area (Å²) in [4.78, 5) is 15.6. The SMILES string of the molecule is O=C[CH][C@@H]1C[C@H](CCC2CCNCC2)NO1. The number of hydroxylamine groups is 1. The Bertz CT molecular complexity index is 217. The van der Waals surface area contributed by atoms with Gasteiger partial charge in [-0.3, -0.25) is 4.84 Å². The first kappa shape index (κ1) is 12.0. The summed E-state index contributed by atoms with van der Waals surface area (Å²) in [5.41, 5.74) is 3.03. The molecule has 0 amide bonds. The van der Waals surface area contributed by atoms with E-state index >= 15 is 0 Å². The van der Waals surface area contributed by atoms with Crippen LogP contribution in [0.4, 0.5) is 0 Å². The van der Waals surface area contributed by atoms with Crippen molar-refractivity contribution in [1.82, 2.24) is 10.8 Å². The fraction of sp³-hybridized carbons (Fsp3) is 0.833. The lowest BCUT2D eigenvalue weighted by atomic mass is 9.90. The minimum absolute atomic E-state index is 0.0180. The summed E-state index contributed by atoms with van der Waals surface area (Å²) in [5.74, 6) is 0.872. The molecule has 1 radical (unpaired) electrons. The molecular weight excluding hydrogens is 204 g/mol. The molecule has 0 spiro atoms. The molecule has 2 heterocycles. The van der Waals surface area contributed by atoms with Crippen LogP contribution in [0.3, 0.4) is 0 Å². The summed E-state index contributed by atoms with van der Waals surface area (Å²) in [5, 5.41) is 3.38. The van der Waals surface area contributed by atoms with Gasteiger partial charge in [-0.2, -0.15) is 5.48 Å². The Labute approximate surface area is 97.1 Å². The van der Waals surface area contributed by atoms with Crippen molar-refractivity contribution in [2.24, 2.45) is 5.92 Å². The first-order valence-electron chi connectivity index (χ1n) is 6.29. The standard InChI is InChI=1S/C12H21N2O2/c15-8-5-12-9-11(14-16-12)2-1-10-3-6-13-7-4-10/h5,8,10-14H,1-4,6-7,9H2/t11-,12+/m0/s1. The first-order chi connectivity index (χ1) is 7.88. The second kappa shape index (κ2) is 6.33. The van der Waals surface area contributed by atoms with E-state index in [1.807, 2.05) is 0 Å². The third-order valence-electron chi connectivity index (χ3n) is 3.58. The molecule has 0 aromatic heterocycles. The zero-order chi connectivity index (χ0) is 11.2. The summed E-state index contributed by atoms with van der Waals surface area (Å²) >= 11 is 0. The van der Waals surface area contributed by atoms with Gasteiger partial charge in [-0.15, -0.1) is 0 Å². The number of carbonyl (C=O) groups excluding carboxylic acids is 1. The second-order valence-electron chi connectivity index (χ2n) is 4.81. The number of carbonyl (C=O) groups is 1. The van der Waals surface area contributed by atoms with Crippen LogP contribution in [0.1, 0.15) is 32.1 Å². The zero-order valence-electron chi connectivity index (χ0n) is 9.65. The number of piperidine rings is 1. The average Bonchev–Trinajstić information content (AvgIpc) is 2.76. The van der Waals surface area contributed by atoms with Gasteiger partial charge in [-0.25, -0.2) is 0 Å². The molecule has 0 unspecified atom stereocenters. The Morgan fingerprint density at radius 3 is 2.81 bits per heavy atom. The Kier molecular flexibility index (Phi) is 4.75. The molecule has 2 rings (SSSR count). The van der Waals surface area contributed by atoms with Crippen LogP contribution in [0, 0.1) is 12.3 Å². The van der Waals surface area contributed by atoms with Gasteiger partial charge in [-0.1, -0.05) is 0 Å². The van der Waals surface area contributed by atoms with Crippen molar-refractivity contribution < 1.29 is 9.63 Å². The Balaban J connectivity index is 1.61. The van der Waals surface area contributed by atoms with Crippen LogP contribution < -0.4 is 10.8 Å². The molecule has 0 bridgehead atoms. The maximum absolute atomic E-state index is 10.3. The number of nitrogens with one attached hydrogen (secondary N) is 2. The van der Waals surface area contributed by atoms with Crippen molar-refractivity contribution in [1.29, 1.82) is 0 Å². The van der Waals surface area contributed by atoms with Gasteiger partial charge in [0.2, 0.25) is 0 Å². The smallest absolute Gasteiger partial charge is 0.126 e. The van der Waals surface area contributed by atoms with Crippen molar-refractivity contribution in [2.75, 3.05) is 13.1 Å². The maximum Gasteiger partial charge on any atom is 0.126 e.